The van der Waals surface area contributed by atoms with E-state index in [9.17, 15) is 14.9 Å². The fraction of sp³-hybridized carbons (Fsp3) is 0.500. The van der Waals surface area contributed by atoms with Crippen LogP contribution in [0.2, 0.25) is 0 Å². The van der Waals surface area contributed by atoms with Crippen LogP contribution < -0.4 is 34.6 Å². The van der Waals surface area contributed by atoms with Gasteiger partial charge in [-0.15, -0.1) is 5.06 Å². The smallest absolute Gasteiger partial charge is 1.00 e. The second-order valence-corrected chi connectivity index (χ2v) is 6.99. The Morgan fingerprint density at radius 2 is 1.80 bits per heavy atom. The van der Waals surface area contributed by atoms with Crippen LogP contribution in [-0.2, 0) is 9.57 Å². The van der Waals surface area contributed by atoms with Crippen LogP contribution in [-0.4, -0.2) is 33.4 Å². The Morgan fingerprint density at radius 1 is 1.24 bits per heavy atom. The summed E-state index contributed by atoms with van der Waals surface area (Å²) >= 11 is 0. The van der Waals surface area contributed by atoms with E-state index in [1.54, 1.807) is 41.5 Å². The van der Waals surface area contributed by atoms with Crippen molar-refractivity contribution in [1.82, 2.24) is 4.98 Å². The van der Waals surface area contributed by atoms with Gasteiger partial charge in [0.05, 0.1) is 16.7 Å². The van der Waals surface area contributed by atoms with Crippen molar-refractivity contribution in [3.8, 4) is 6.07 Å². The quantitative estimate of drug-likeness (QED) is 0.607. The number of nitriles is 1. The topological polar surface area (TPSA) is 113 Å². The van der Waals surface area contributed by atoms with E-state index in [1.807, 2.05) is 6.07 Å². The Bertz CT molecular complexity index is 693. The molecule has 1 aromatic rings. The van der Waals surface area contributed by atoms with Gasteiger partial charge < -0.3 is 11.3 Å². The van der Waals surface area contributed by atoms with Crippen LogP contribution >= 0.6 is 0 Å². The Morgan fingerprint density at radius 3 is 2.20 bits per heavy atom. The van der Waals surface area contributed by atoms with Gasteiger partial charge in [0.15, 0.2) is 5.82 Å². The molecule has 0 aliphatic rings. The normalized spacial score (nSPS) is 11.1. The molecule has 0 saturated carbocycles. The molecule has 132 valence electrons. The molecule has 0 bridgehead atoms. The van der Waals surface area contributed by atoms with Gasteiger partial charge in [-0.1, -0.05) is 0 Å². The number of hydrogen-bond donors (Lipinski definition) is 1. The number of carboxylic acid groups (broad SMARTS) is 1. The number of amides is 1. The minimum absolute atomic E-state index is 0. The first-order valence-corrected chi connectivity index (χ1v) is 7.20. The van der Waals surface area contributed by atoms with Crippen molar-refractivity contribution in [1.29, 1.82) is 5.26 Å². The summed E-state index contributed by atoms with van der Waals surface area (Å²) < 4.78 is 5.27. The van der Waals surface area contributed by atoms with Crippen molar-refractivity contribution in [3.05, 3.63) is 23.4 Å². The van der Waals surface area contributed by atoms with Crippen LogP contribution in [0.3, 0.4) is 0 Å². The van der Waals surface area contributed by atoms with Gasteiger partial charge in [0.1, 0.15) is 11.7 Å². The number of ether oxygens (including phenoxy) is 1. The molecule has 25 heavy (non-hydrogen) atoms. The van der Waals surface area contributed by atoms with E-state index in [1.165, 1.54) is 0 Å². The predicted octanol–water partition coefficient (Wildman–Crippen LogP) is 0.240. The number of aromatic nitrogens is 1. The molecule has 1 rings (SSSR count). The third-order valence-corrected chi connectivity index (χ3v) is 2.35. The number of carboxylic acids is 1. The Balaban J connectivity index is 0. The number of hydrogen-bond acceptors (Lipinski definition) is 6. The molecule has 8 nitrogen and oxygen atoms in total. The van der Waals surface area contributed by atoms with E-state index in [4.69, 9.17) is 14.7 Å². The van der Waals surface area contributed by atoms with E-state index in [0.717, 1.165) is 17.3 Å². The van der Waals surface area contributed by atoms with Crippen molar-refractivity contribution < 1.29 is 55.3 Å². The van der Waals surface area contributed by atoms with Crippen LogP contribution in [0.25, 0.3) is 0 Å². The molecule has 0 saturated heterocycles. The summed E-state index contributed by atoms with van der Waals surface area (Å²) in [5.41, 5.74) is -1.86. The summed E-state index contributed by atoms with van der Waals surface area (Å²) in [6.45, 7) is 10.2. The van der Waals surface area contributed by atoms with Gasteiger partial charge in [0.2, 0.25) is 0 Å². The molecule has 0 aromatic carbocycles. The van der Waals surface area contributed by atoms with Gasteiger partial charge in [-0.2, -0.15) is 5.26 Å². The average Bonchev–Trinajstić information content (AvgIpc) is 2.41. The molecule has 1 N–H and O–H groups in total. The number of rotatable bonds is 3. The predicted molar refractivity (Wildman–Crippen MR) is 86.6 cm³/mol. The Hall–Kier alpha value is -1.66. The van der Waals surface area contributed by atoms with Crippen molar-refractivity contribution in [2.45, 2.75) is 52.7 Å². The summed E-state index contributed by atoms with van der Waals surface area (Å²) in [4.78, 5) is 32.9. The first kappa shape index (κ1) is 23.3. The van der Waals surface area contributed by atoms with Gasteiger partial charge in [0, 0.05) is 6.20 Å². The van der Waals surface area contributed by atoms with Crippen molar-refractivity contribution in [2.24, 2.45) is 0 Å². The second kappa shape index (κ2) is 8.63. The fourth-order valence-electron chi connectivity index (χ4n) is 1.56. The third-order valence-electron chi connectivity index (χ3n) is 2.35. The molecule has 0 unspecified atom stereocenters. The van der Waals surface area contributed by atoms with Gasteiger partial charge >= 0.3 is 41.6 Å². The fourth-order valence-corrected chi connectivity index (χ4v) is 1.56. The van der Waals surface area contributed by atoms with Crippen molar-refractivity contribution >= 4 is 17.9 Å². The van der Waals surface area contributed by atoms with E-state index in [-0.39, 0.29) is 47.9 Å². The van der Waals surface area contributed by atoms with Crippen LogP contribution in [0.15, 0.2) is 12.3 Å². The number of nitrogens with zero attached hydrogens (tertiary/aromatic N) is 3. The molecule has 1 amide bonds. The number of anilines is 1. The summed E-state index contributed by atoms with van der Waals surface area (Å²) in [6.07, 6.45) is 0.187. The van der Waals surface area contributed by atoms with E-state index >= 15 is 0 Å². The van der Waals surface area contributed by atoms with E-state index in [2.05, 4.69) is 4.98 Å². The molecule has 0 spiro atoms. The largest absolute Gasteiger partial charge is 1.00 e. The summed E-state index contributed by atoms with van der Waals surface area (Å²) in [5, 5.41) is 19.0. The molecule has 0 radical (unpaired) electrons. The minimum Gasteiger partial charge on any atom is -1.00 e. The zero-order valence-electron chi connectivity index (χ0n) is 16.6. The van der Waals surface area contributed by atoms with E-state index < -0.39 is 23.3 Å². The SMILES string of the molecule is CC(C)(C)OC(=O)N(OC(C)(C)C)c1ncc(C(=O)O)cc1C#N.[H-].[Na+]. The van der Waals surface area contributed by atoms with Crippen LogP contribution in [0, 0.1) is 11.3 Å². The second-order valence-electron chi connectivity index (χ2n) is 6.99. The third kappa shape index (κ3) is 7.40. The number of aromatic carboxylic acids is 1. The van der Waals surface area contributed by atoms with Crippen LogP contribution in [0.1, 0.15) is 58.9 Å². The molecule has 1 heterocycles. The van der Waals surface area contributed by atoms with Gasteiger partial charge in [-0.3, -0.25) is 4.84 Å². The number of carbonyl (C=O) groups is 2. The summed E-state index contributed by atoms with van der Waals surface area (Å²) in [7, 11) is 0. The summed E-state index contributed by atoms with van der Waals surface area (Å²) in [6, 6.07) is 2.94. The average molecular weight is 359 g/mol. The molecular formula is C16H22N3NaO5. The zero-order valence-corrected chi connectivity index (χ0v) is 17.6. The molecule has 0 aliphatic carbocycles. The first-order chi connectivity index (χ1) is 10.8. The molecule has 0 atom stereocenters. The number of hydroxylamine groups is 1. The molecule has 0 aliphatic heterocycles. The summed E-state index contributed by atoms with van der Waals surface area (Å²) in [5.74, 6) is -1.36. The Labute approximate surface area is 170 Å². The maximum atomic E-state index is 12.4. The number of pyridine rings is 1. The number of carbonyl (C=O) groups excluding carboxylic acids is 1. The first-order valence-electron chi connectivity index (χ1n) is 7.20. The molecule has 1 aromatic heterocycles. The van der Waals surface area contributed by atoms with Crippen molar-refractivity contribution in [3.63, 3.8) is 0 Å². The van der Waals surface area contributed by atoms with Crippen molar-refractivity contribution in [2.75, 3.05) is 5.06 Å². The van der Waals surface area contributed by atoms with Gasteiger partial charge in [-0.05, 0) is 47.6 Å². The monoisotopic (exact) mass is 359 g/mol. The maximum absolute atomic E-state index is 12.4. The standard InChI is InChI=1S/C16H21N3O5.Na.H/c1-15(2,3)23-14(22)19(24-16(4,5)6)12-10(8-17)7-11(9-18-12)13(20)21;;/h7,9H,1-6H3,(H,20,21);;/q;+1;-1. The van der Waals surface area contributed by atoms with Gasteiger partial charge in [0.25, 0.3) is 0 Å². The maximum Gasteiger partial charge on any atom is 1.00 e. The molecule has 9 heteroatoms. The zero-order chi connectivity index (χ0) is 18.7. The molecule has 0 fully saturated rings. The van der Waals surface area contributed by atoms with Gasteiger partial charge in [-0.25, -0.2) is 14.6 Å². The Kier molecular flexibility index (Phi) is 8.05. The molecular weight excluding hydrogens is 337 g/mol. The van der Waals surface area contributed by atoms with E-state index in [0.29, 0.717) is 0 Å². The van der Waals surface area contributed by atoms with Crippen LogP contribution in [0.4, 0.5) is 10.6 Å². The van der Waals surface area contributed by atoms with Crippen LogP contribution in [0.5, 0.6) is 0 Å². The minimum atomic E-state index is -1.23.